The molecule has 1 fully saturated rings. The van der Waals surface area contributed by atoms with Crippen LogP contribution >= 0.6 is 11.8 Å². The second kappa shape index (κ2) is 5.23. The predicted octanol–water partition coefficient (Wildman–Crippen LogP) is 0.975. The van der Waals surface area contributed by atoms with E-state index in [9.17, 15) is 9.59 Å². The van der Waals surface area contributed by atoms with Gasteiger partial charge in [0.1, 0.15) is 0 Å². The zero-order valence-corrected chi connectivity index (χ0v) is 10.2. The molecule has 1 aliphatic rings. The molecular formula is C12H14N2O2S. The molecule has 2 rings (SSSR count). The smallest absolute Gasteiger partial charge is 0.253 e. The van der Waals surface area contributed by atoms with Gasteiger partial charge >= 0.3 is 0 Å². The van der Waals surface area contributed by atoms with Crippen molar-refractivity contribution >= 4 is 23.6 Å². The number of nitrogens with two attached hydrogens (primary N) is 1. The third kappa shape index (κ3) is 2.79. The number of carbonyl (C=O) groups excluding carboxylic acids is 2. The molecule has 0 spiro atoms. The molecule has 5 heteroatoms. The van der Waals surface area contributed by atoms with E-state index in [-0.39, 0.29) is 5.91 Å². The van der Waals surface area contributed by atoms with Crippen LogP contribution < -0.4 is 5.73 Å². The van der Waals surface area contributed by atoms with Gasteiger partial charge < -0.3 is 10.6 Å². The van der Waals surface area contributed by atoms with E-state index in [4.69, 9.17) is 5.73 Å². The van der Waals surface area contributed by atoms with Crippen LogP contribution in [0, 0.1) is 0 Å². The minimum absolute atomic E-state index is 0.0290. The lowest BCUT2D eigenvalue weighted by atomic mass is 10.1. The summed E-state index contributed by atoms with van der Waals surface area (Å²) in [6.45, 7) is 1.59. The van der Waals surface area contributed by atoms with Gasteiger partial charge in [-0.15, -0.1) is 0 Å². The number of hydrogen-bond donors (Lipinski definition) is 1. The van der Waals surface area contributed by atoms with Gasteiger partial charge in [-0.1, -0.05) is 0 Å². The quantitative estimate of drug-likeness (QED) is 0.851. The Morgan fingerprint density at radius 2 is 1.59 bits per heavy atom. The Labute approximate surface area is 104 Å². The number of benzene rings is 1. The highest BCUT2D eigenvalue weighted by Gasteiger charge is 2.18. The molecule has 0 aromatic heterocycles. The van der Waals surface area contributed by atoms with Crippen molar-refractivity contribution in [2.24, 2.45) is 5.73 Å². The summed E-state index contributed by atoms with van der Waals surface area (Å²) in [5.41, 5.74) is 6.19. The van der Waals surface area contributed by atoms with Crippen LogP contribution in [0.3, 0.4) is 0 Å². The summed E-state index contributed by atoms with van der Waals surface area (Å²) in [5.74, 6) is 1.54. The standard InChI is InChI=1S/C12H14N2O2S/c13-11(15)9-1-3-10(4-2-9)12(16)14-5-7-17-8-6-14/h1-4H,5-8H2,(H2,13,15). The highest BCUT2D eigenvalue weighted by atomic mass is 32.2. The van der Waals surface area contributed by atoms with E-state index in [1.165, 1.54) is 0 Å². The van der Waals surface area contributed by atoms with Crippen LogP contribution in [-0.4, -0.2) is 41.3 Å². The van der Waals surface area contributed by atoms with Crippen LogP contribution in [0.2, 0.25) is 0 Å². The summed E-state index contributed by atoms with van der Waals surface area (Å²) in [6.07, 6.45) is 0. The first-order valence-corrected chi connectivity index (χ1v) is 6.61. The van der Waals surface area contributed by atoms with Gasteiger partial charge in [0.2, 0.25) is 5.91 Å². The largest absolute Gasteiger partial charge is 0.366 e. The second-order valence-electron chi connectivity index (χ2n) is 3.85. The highest BCUT2D eigenvalue weighted by Crippen LogP contribution is 2.13. The van der Waals surface area contributed by atoms with Crippen molar-refractivity contribution in [3.63, 3.8) is 0 Å². The molecule has 0 unspecified atom stereocenters. The molecule has 2 amide bonds. The molecule has 1 aromatic rings. The van der Waals surface area contributed by atoms with Gasteiger partial charge in [-0.25, -0.2) is 0 Å². The number of amides is 2. The van der Waals surface area contributed by atoms with E-state index >= 15 is 0 Å². The Morgan fingerprint density at radius 3 is 2.12 bits per heavy atom. The third-order valence-corrected chi connectivity index (χ3v) is 3.66. The Hall–Kier alpha value is -1.49. The summed E-state index contributed by atoms with van der Waals surface area (Å²) in [6, 6.07) is 6.50. The SMILES string of the molecule is NC(=O)c1ccc(C(=O)N2CCSCC2)cc1. The van der Waals surface area contributed by atoms with Gasteiger partial charge in [0.15, 0.2) is 0 Å². The van der Waals surface area contributed by atoms with Crippen LogP contribution in [-0.2, 0) is 0 Å². The molecule has 0 saturated carbocycles. The van der Waals surface area contributed by atoms with E-state index in [0.717, 1.165) is 24.6 Å². The van der Waals surface area contributed by atoms with E-state index in [1.807, 2.05) is 16.7 Å². The van der Waals surface area contributed by atoms with Crippen molar-refractivity contribution in [2.75, 3.05) is 24.6 Å². The fourth-order valence-electron chi connectivity index (χ4n) is 1.73. The molecule has 1 heterocycles. The summed E-state index contributed by atoms with van der Waals surface area (Å²) in [5, 5.41) is 0. The molecule has 4 nitrogen and oxygen atoms in total. The summed E-state index contributed by atoms with van der Waals surface area (Å²) in [4.78, 5) is 24.8. The number of thioether (sulfide) groups is 1. The van der Waals surface area contributed by atoms with E-state index in [1.54, 1.807) is 24.3 Å². The first-order valence-electron chi connectivity index (χ1n) is 5.45. The molecule has 0 bridgehead atoms. The van der Waals surface area contributed by atoms with Crippen molar-refractivity contribution < 1.29 is 9.59 Å². The fraction of sp³-hybridized carbons (Fsp3) is 0.333. The van der Waals surface area contributed by atoms with Crippen LogP contribution in [0.25, 0.3) is 0 Å². The lowest BCUT2D eigenvalue weighted by molar-refractivity contribution is 0.0771. The summed E-state index contributed by atoms with van der Waals surface area (Å²) < 4.78 is 0. The zero-order chi connectivity index (χ0) is 12.3. The van der Waals surface area contributed by atoms with Crippen molar-refractivity contribution in [2.45, 2.75) is 0 Å². The molecule has 2 N–H and O–H groups in total. The van der Waals surface area contributed by atoms with E-state index < -0.39 is 5.91 Å². The monoisotopic (exact) mass is 250 g/mol. The normalized spacial score (nSPS) is 15.6. The van der Waals surface area contributed by atoms with Gasteiger partial charge in [-0.3, -0.25) is 9.59 Å². The van der Waals surface area contributed by atoms with Crippen LogP contribution in [0.15, 0.2) is 24.3 Å². The Morgan fingerprint density at radius 1 is 1.06 bits per heavy atom. The van der Waals surface area contributed by atoms with Gasteiger partial charge in [0.05, 0.1) is 0 Å². The molecule has 1 saturated heterocycles. The Balaban J connectivity index is 2.10. The molecule has 90 valence electrons. The van der Waals surface area contributed by atoms with Gasteiger partial charge in [0.25, 0.3) is 5.91 Å². The highest BCUT2D eigenvalue weighted by molar-refractivity contribution is 7.99. The molecular weight excluding hydrogens is 236 g/mol. The summed E-state index contributed by atoms with van der Waals surface area (Å²) in [7, 11) is 0. The van der Waals surface area contributed by atoms with Gasteiger partial charge in [0, 0.05) is 35.7 Å². The van der Waals surface area contributed by atoms with Crippen LogP contribution in [0.5, 0.6) is 0 Å². The average Bonchev–Trinajstić information content (AvgIpc) is 2.39. The third-order valence-electron chi connectivity index (χ3n) is 2.71. The molecule has 1 aliphatic heterocycles. The molecule has 0 radical (unpaired) electrons. The first-order chi connectivity index (χ1) is 8.18. The number of primary amides is 1. The second-order valence-corrected chi connectivity index (χ2v) is 5.07. The number of nitrogens with zero attached hydrogens (tertiary/aromatic N) is 1. The van der Waals surface area contributed by atoms with Gasteiger partial charge in [-0.05, 0) is 24.3 Å². The van der Waals surface area contributed by atoms with Crippen molar-refractivity contribution in [1.82, 2.24) is 4.90 Å². The molecule has 0 aliphatic carbocycles. The average molecular weight is 250 g/mol. The minimum Gasteiger partial charge on any atom is -0.366 e. The fourth-order valence-corrected chi connectivity index (χ4v) is 2.63. The van der Waals surface area contributed by atoms with Crippen molar-refractivity contribution in [1.29, 1.82) is 0 Å². The first kappa shape index (κ1) is 12.0. The molecule has 17 heavy (non-hydrogen) atoms. The molecule has 1 aromatic carbocycles. The number of rotatable bonds is 2. The van der Waals surface area contributed by atoms with E-state index in [2.05, 4.69) is 0 Å². The number of carbonyl (C=O) groups is 2. The Kier molecular flexibility index (Phi) is 3.68. The lowest BCUT2D eigenvalue weighted by Gasteiger charge is -2.26. The van der Waals surface area contributed by atoms with E-state index in [0.29, 0.717) is 11.1 Å². The lowest BCUT2D eigenvalue weighted by Crippen LogP contribution is -2.37. The molecule has 0 atom stereocenters. The maximum absolute atomic E-state index is 12.1. The Bertz CT molecular complexity index is 425. The van der Waals surface area contributed by atoms with Crippen LogP contribution in [0.4, 0.5) is 0 Å². The topological polar surface area (TPSA) is 63.4 Å². The van der Waals surface area contributed by atoms with Gasteiger partial charge in [-0.2, -0.15) is 11.8 Å². The van der Waals surface area contributed by atoms with Crippen molar-refractivity contribution in [3.8, 4) is 0 Å². The van der Waals surface area contributed by atoms with Crippen LogP contribution in [0.1, 0.15) is 20.7 Å². The zero-order valence-electron chi connectivity index (χ0n) is 9.39. The van der Waals surface area contributed by atoms with Crippen molar-refractivity contribution in [3.05, 3.63) is 35.4 Å². The maximum Gasteiger partial charge on any atom is 0.253 e. The summed E-state index contributed by atoms with van der Waals surface area (Å²) >= 11 is 1.86. The number of hydrogen-bond acceptors (Lipinski definition) is 3. The predicted molar refractivity (Wildman–Crippen MR) is 68.2 cm³/mol. The minimum atomic E-state index is -0.474. The maximum atomic E-state index is 12.1.